The molecule has 2 amide bonds. The Kier molecular flexibility index (Phi) is 4.26. The van der Waals surface area contributed by atoms with Gasteiger partial charge >= 0.3 is 0 Å². The van der Waals surface area contributed by atoms with Gasteiger partial charge in [0.2, 0.25) is 11.9 Å². The number of likely N-dealkylation sites (N-methyl/N-ethyl adjacent to an activating group) is 2. The number of hydrogen-bond acceptors (Lipinski definition) is 4. The van der Waals surface area contributed by atoms with Crippen LogP contribution < -0.4 is 5.32 Å². The van der Waals surface area contributed by atoms with Gasteiger partial charge in [0.1, 0.15) is 12.2 Å². The fourth-order valence-electron chi connectivity index (χ4n) is 2.07. The standard InChI is InChI=1S/C13H21N5O2/c1-4-17(9-11(19)16(2)3)12(20)10-8-18-7-5-6-14-13(18)15-10/h8H,4-7,9H2,1-3H3,(H,14,15). The lowest BCUT2D eigenvalue weighted by atomic mass is 10.3. The summed E-state index contributed by atoms with van der Waals surface area (Å²) in [5, 5.41) is 3.16. The molecule has 2 heterocycles. The van der Waals surface area contributed by atoms with Crippen LogP contribution >= 0.6 is 0 Å². The maximum Gasteiger partial charge on any atom is 0.274 e. The molecule has 1 aliphatic heterocycles. The normalized spacial score (nSPS) is 13.3. The van der Waals surface area contributed by atoms with Gasteiger partial charge in [0.25, 0.3) is 5.91 Å². The van der Waals surface area contributed by atoms with Crippen LogP contribution in [-0.4, -0.2) is 64.9 Å². The third-order valence-corrected chi connectivity index (χ3v) is 3.35. The number of aromatic nitrogens is 2. The van der Waals surface area contributed by atoms with Gasteiger partial charge in [-0.2, -0.15) is 0 Å². The van der Waals surface area contributed by atoms with Crippen molar-refractivity contribution in [3.63, 3.8) is 0 Å². The second-order valence-electron chi connectivity index (χ2n) is 5.03. The summed E-state index contributed by atoms with van der Waals surface area (Å²) in [5.41, 5.74) is 0.391. The number of nitrogens with one attached hydrogen (secondary N) is 1. The highest BCUT2D eigenvalue weighted by Gasteiger charge is 2.22. The minimum absolute atomic E-state index is 0.0813. The number of imidazole rings is 1. The molecule has 0 saturated heterocycles. The van der Waals surface area contributed by atoms with Crippen molar-refractivity contribution < 1.29 is 9.59 Å². The summed E-state index contributed by atoms with van der Waals surface area (Å²) in [4.78, 5) is 31.4. The number of hydrogen-bond donors (Lipinski definition) is 1. The van der Waals surface area contributed by atoms with E-state index in [-0.39, 0.29) is 18.4 Å². The van der Waals surface area contributed by atoms with E-state index in [2.05, 4.69) is 10.3 Å². The maximum absolute atomic E-state index is 12.4. The molecule has 1 N–H and O–H groups in total. The van der Waals surface area contributed by atoms with E-state index in [1.54, 1.807) is 20.3 Å². The average Bonchev–Trinajstić information content (AvgIpc) is 2.87. The molecule has 1 aromatic heterocycles. The molecule has 0 aliphatic carbocycles. The molecular formula is C13H21N5O2. The van der Waals surface area contributed by atoms with Gasteiger partial charge in [0.15, 0.2) is 0 Å². The molecule has 7 heteroatoms. The number of rotatable bonds is 4. The van der Waals surface area contributed by atoms with Gasteiger partial charge in [-0.3, -0.25) is 9.59 Å². The van der Waals surface area contributed by atoms with E-state index in [0.717, 1.165) is 25.5 Å². The van der Waals surface area contributed by atoms with Crippen molar-refractivity contribution in [1.29, 1.82) is 0 Å². The van der Waals surface area contributed by atoms with E-state index < -0.39 is 0 Å². The lowest BCUT2D eigenvalue weighted by Crippen LogP contribution is -2.40. The molecule has 0 spiro atoms. The van der Waals surface area contributed by atoms with Crippen LogP contribution in [0.25, 0.3) is 0 Å². The molecule has 20 heavy (non-hydrogen) atoms. The molecule has 0 fully saturated rings. The van der Waals surface area contributed by atoms with E-state index in [9.17, 15) is 9.59 Å². The molecule has 0 unspecified atom stereocenters. The predicted octanol–water partition coefficient (Wildman–Crippen LogP) is 0.249. The molecular weight excluding hydrogens is 258 g/mol. The lowest BCUT2D eigenvalue weighted by Gasteiger charge is -2.21. The van der Waals surface area contributed by atoms with E-state index >= 15 is 0 Å². The molecule has 0 atom stereocenters. The van der Waals surface area contributed by atoms with E-state index in [0.29, 0.717) is 12.2 Å². The first-order valence-corrected chi connectivity index (χ1v) is 6.83. The van der Waals surface area contributed by atoms with Crippen molar-refractivity contribution in [1.82, 2.24) is 19.4 Å². The van der Waals surface area contributed by atoms with Crippen LogP contribution in [0.5, 0.6) is 0 Å². The minimum atomic E-state index is -0.202. The highest BCUT2D eigenvalue weighted by atomic mass is 16.2. The first-order valence-electron chi connectivity index (χ1n) is 6.83. The molecule has 0 bridgehead atoms. The monoisotopic (exact) mass is 279 g/mol. The molecule has 7 nitrogen and oxygen atoms in total. The Morgan fingerprint density at radius 1 is 1.45 bits per heavy atom. The first kappa shape index (κ1) is 14.4. The van der Waals surface area contributed by atoms with Gasteiger partial charge in [-0.15, -0.1) is 0 Å². The quantitative estimate of drug-likeness (QED) is 0.857. The highest BCUT2D eigenvalue weighted by molar-refractivity contribution is 5.95. The minimum Gasteiger partial charge on any atom is -0.356 e. The largest absolute Gasteiger partial charge is 0.356 e. The van der Waals surface area contributed by atoms with Crippen LogP contribution in [0, 0.1) is 0 Å². The number of aryl methyl sites for hydroxylation is 1. The van der Waals surface area contributed by atoms with Crippen LogP contribution in [0.2, 0.25) is 0 Å². The second kappa shape index (κ2) is 5.94. The van der Waals surface area contributed by atoms with Crippen LogP contribution in [0.4, 0.5) is 5.95 Å². The maximum atomic E-state index is 12.4. The van der Waals surface area contributed by atoms with Gasteiger partial charge < -0.3 is 19.7 Å². The number of anilines is 1. The molecule has 0 saturated carbocycles. The van der Waals surface area contributed by atoms with E-state index in [1.807, 2.05) is 11.5 Å². The summed E-state index contributed by atoms with van der Waals surface area (Å²) >= 11 is 0. The summed E-state index contributed by atoms with van der Waals surface area (Å²) in [6, 6.07) is 0. The fourth-order valence-corrected chi connectivity index (χ4v) is 2.07. The zero-order valence-corrected chi connectivity index (χ0v) is 12.2. The topological polar surface area (TPSA) is 70.5 Å². The highest BCUT2D eigenvalue weighted by Crippen LogP contribution is 2.15. The molecule has 0 aromatic carbocycles. The Balaban J connectivity index is 2.12. The van der Waals surface area contributed by atoms with Gasteiger partial charge in [0.05, 0.1) is 0 Å². The lowest BCUT2D eigenvalue weighted by molar-refractivity contribution is -0.129. The smallest absolute Gasteiger partial charge is 0.274 e. The summed E-state index contributed by atoms with van der Waals surface area (Å²) in [6.45, 7) is 4.16. The summed E-state index contributed by atoms with van der Waals surface area (Å²) in [7, 11) is 3.36. The third kappa shape index (κ3) is 2.92. The van der Waals surface area contributed by atoms with Gasteiger partial charge in [-0.1, -0.05) is 0 Å². The Bertz CT molecular complexity index is 485. The van der Waals surface area contributed by atoms with Gasteiger partial charge in [-0.25, -0.2) is 4.98 Å². The molecule has 2 rings (SSSR count). The van der Waals surface area contributed by atoms with Crippen LogP contribution in [0.15, 0.2) is 6.20 Å². The fraction of sp³-hybridized carbons (Fsp3) is 0.615. The van der Waals surface area contributed by atoms with Crippen LogP contribution in [-0.2, 0) is 11.3 Å². The Hall–Kier alpha value is -2.05. The Labute approximate surface area is 118 Å². The average molecular weight is 279 g/mol. The zero-order chi connectivity index (χ0) is 14.7. The molecule has 1 aliphatic rings. The van der Waals surface area contributed by atoms with Crippen molar-refractivity contribution in [3.8, 4) is 0 Å². The number of fused-ring (bicyclic) bond motifs is 1. The number of carbonyl (C=O) groups excluding carboxylic acids is 2. The first-order chi connectivity index (χ1) is 9.52. The van der Waals surface area contributed by atoms with Crippen molar-refractivity contribution in [3.05, 3.63) is 11.9 Å². The summed E-state index contributed by atoms with van der Waals surface area (Å²) < 4.78 is 1.94. The Morgan fingerprint density at radius 2 is 2.20 bits per heavy atom. The number of nitrogens with zero attached hydrogens (tertiary/aromatic N) is 4. The third-order valence-electron chi connectivity index (χ3n) is 3.35. The second-order valence-corrected chi connectivity index (χ2v) is 5.03. The molecule has 1 aromatic rings. The molecule has 110 valence electrons. The SMILES string of the molecule is CCN(CC(=O)N(C)C)C(=O)c1cn2c(n1)NCCC2. The van der Waals surface area contributed by atoms with E-state index in [4.69, 9.17) is 0 Å². The number of amides is 2. The molecule has 0 radical (unpaired) electrons. The van der Waals surface area contributed by atoms with Crippen molar-refractivity contribution in [2.45, 2.75) is 19.9 Å². The van der Waals surface area contributed by atoms with Crippen LogP contribution in [0.1, 0.15) is 23.8 Å². The summed E-state index contributed by atoms with van der Waals surface area (Å²) in [6.07, 6.45) is 2.78. The number of carbonyl (C=O) groups is 2. The van der Waals surface area contributed by atoms with Crippen LogP contribution in [0.3, 0.4) is 0 Å². The Morgan fingerprint density at radius 3 is 2.80 bits per heavy atom. The van der Waals surface area contributed by atoms with Crippen molar-refractivity contribution in [2.75, 3.05) is 39.0 Å². The van der Waals surface area contributed by atoms with Gasteiger partial charge in [-0.05, 0) is 13.3 Å². The summed E-state index contributed by atoms with van der Waals surface area (Å²) in [5.74, 6) is 0.434. The van der Waals surface area contributed by atoms with Crippen molar-refractivity contribution >= 4 is 17.8 Å². The van der Waals surface area contributed by atoms with Gasteiger partial charge in [0, 0.05) is 39.9 Å². The zero-order valence-electron chi connectivity index (χ0n) is 12.2. The van der Waals surface area contributed by atoms with Crippen molar-refractivity contribution in [2.24, 2.45) is 0 Å². The van der Waals surface area contributed by atoms with E-state index in [1.165, 1.54) is 9.80 Å². The predicted molar refractivity (Wildman–Crippen MR) is 75.6 cm³/mol.